The van der Waals surface area contributed by atoms with Crippen LogP contribution in [0.25, 0.3) is 0 Å². The first kappa shape index (κ1) is 16.1. The standard InChI is InChI=1S/C15H21ClN2O3/c16-13-5-1-3-11(9-13)14(12-4-2-6-18-10-12)20-7-8-21-15(17)19/h1,3,5,9,12,14,18H,2,4,6-8,10H2,(H2,17,19). The molecule has 1 heterocycles. The van der Waals surface area contributed by atoms with E-state index >= 15 is 0 Å². The molecule has 2 rings (SSSR count). The Kier molecular flexibility index (Phi) is 6.29. The highest BCUT2D eigenvalue weighted by molar-refractivity contribution is 6.30. The van der Waals surface area contributed by atoms with Crippen LogP contribution in [0.5, 0.6) is 0 Å². The zero-order valence-corrected chi connectivity index (χ0v) is 12.6. The number of carbonyl (C=O) groups excluding carboxylic acids is 1. The van der Waals surface area contributed by atoms with Crippen molar-refractivity contribution < 1.29 is 14.3 Å². The van der Waals surface area contributed by atoms with E-state index in [0.717, 1.165) is 31.5 Å². The first-order chi connectivity index (χ1) is 10.2. The normalized spacial score (nSPS) is 20.0. The van der Waals surface area contributed by atoms with Gasteiger partial charge in [0.15, 0.2) is 0 Å². The van der Waals surface area contributed by atoms with Crippen molar-refractivity contribution in [3.63, 3.8) is 0 Å². The van der Waals surface area contributed by atoms with Crippen molar-refractivity contribution in [1.29, 1.82) is 0 Å². The number of ether oxygens (including phenoxy) is 2. The van der Waals surface area contributed by atoms with E-state index in [-0.39, 0.29) is 12.7 Å². The molecule has 0 bridgehead atoms. The highest BCUT2D eigenvalue weighted by Crippen LogP contribution is 2.31. The molecule has 0 aliphatic carbocycles. The molecule has 0 saturated carbocycles. The van der Waals surface area contributed by atoms with Crippen LogP contribution >= 0.6 is 11.6 Å². The van der Waals surface area contributed by atoms with Gasteiger partial charge in [-0.25, -0.2) is 4.79 Å². The topological polar surface area (TPSA) is 73.6 Å². The lowest BCUT2D eigenvalue weighted by Crippen LogP contribution is -2.34. The second-order valence-electron chi connectivity index (χ2n) is 5.12. The molecular formula is C15H21ClN2O3. The second kappa shape index (κ2) is 8.22. The number of hydrogen-bond donors (Lipinski definition) is 2. The Morgan fingerprint density at radius 3 is 3.00 bits per heavy atom. The fourth-order valence-corrected chi connectivity index (χ4v) is 2.84. The Bertz CT molecular complexity index is 464. The van der Waals surface area contributed by atoms with E-state index in [1.165, 1.54) is 0 Å². The van der Waals surface area contributed by atoms with Gasteiger partial charge in [0.05, 0.1) is 12.7 Å². The van der Waals surface area contributed by atoms with Crippen LogP contribution in [-0.4, -0.2) is 32.4 Å². The molecule has 2 atom stereocenters. The summed E-state index contributed by atoms with van der Waals surface area (Å²) >= 11 is 6.07. The van der Waals surface area contributed by atoms with Crippen LogP contribution in [0.2, 0.25) is 5.02 Å². The number of piperidine rings is 1. The summed E-state index contributed by atoms with van der Waals surface area (Å²) in [5.74, 6) is 0.380. The smallest absolute Gasteiger partial charge is 0.404 e. The third kappa shape index (κ3) is 5.19. The minimum absolute atomic E-state index is 0.0621. The molecule has 1 fully saturated rings. The zero-order chi connectivity index (χ0) is 15.1. The van der Waals surface area contributed by atoms with Crippen molar-refractivity contribution in [3.05, 3.63) is 34.9 Å². The van der Waals surface area contributed by atoms with Gasteiger partial charge in [-0.1, -0.05) is 23.7 Å². The molecule has 1 aliphatic heterocycles. The van der Waals surface area contributed by atoms with Crippen molar-refractivity contribution in [2.45, 2.75) is 18.9 Å². The molecule has 21 heavy (non-hydrogen) atoms. The Hall–Kier alpha value is -1.30. The molecule has 1 aromatic carbocycles. The molecule has 2 unspecified atom stereocenters. The molecule has 5 nitrogen and oxygen atoms in total. The predicted molar refractivity (Wildman–Crippen MR) is 81.3 cm³/mol. The van der Waals surface area contributed by atoms with Gasteiger partial charge in [0.25, 0.3) is 0 Å². The number of amides is 1. The Morgan fingerprint density at radius 1 is 1.48 bits per heavy atom. The largest absolute Gasteiger partial charge is 0.447 e. The summed E-state index contributed by atoms with van der Waals surface area (Å²) in [6, 6.07) is 7.71. The number of benzene rings is 1. The fourth-order valence-electron chi connectivity index (χ4n) is 2.64. The van der Waals surface area contributed by atoms with Crippen molar-refractivity contribution in [3.8, 4) is 0 Å². The minimum Gasteiger partial charge on any atom is -0.447 e. The van der Waals surface area contributed by atoms with Crippen LogP contribution in [0.4, 0.5) is 4.79 Å². The average molecular weight is 313 g/mol. The summed E-state index contributed by atoms with van der Waals surface area (Å²) in [5, 5.41) is 4.08. The van der Waals surface area contributed by atoms with E-state index in [2.05, 4.69) is 5.32 Å². The lowest BCUT2D eigenvalue weighted by Gasteiger charge is -2.31. The maximum Gasteiger partial charge on any atom is 0.404 e. The highest BCUT2D eigenvalue weighted by atomic mass is 35.5. The van der Waals surface area contributed by atoms with Crippen LogP contribution in [-0.2, 0) is 9.47 Å². The molecule has 6 heteroatoms. The van der Waals surface area contributed by atoms with Crippen LogP contribution in [0, 0.1) is 5.92 Å². The van der Waals surface area contributed by atoms with E-state index in [1.54, 1.807) is 0 Å². The monoisotopic (exact) mass is 312 g/mol. The third-order valence-corrected chi connectivity index (χ3v) is 3.80. The summed E-state index contributed by atoms with van der Waals surface area (Å²) in [4.78, 5) is 10.6. The van der Waals surface area contributed by atoms with Crippen molar-refractivity contribution in [1.82, 2.24) is 5.32 Å². The van der Waals surface area contributed by atoms with E-state index in [1.807, 2.05) is 24.3 Å². The van der Waals surface area contributed by atoms with E-state index < -0.39 is 6.09 Å². The van der Waals surface area contributed by atoms with E-state index in [4.69, 9.17) is 26.8 Å². The molecule has 3 N–H and O–H groups in total. The number of rotatable bonds is 6. The minimum atomic E-state index is -0.780. The maximum absolute atomic E-state index is 10.6. The Morgan fingerprint density at radius 2 is 2.33 bits per heavy atom. The van der Waals surface area contributed by atoms with Crippen molar-refractivity contribution in [2.24, 2.45) is 11.7 Å². The van der Waals surface area contributed by atoms with Crippen molar-refractivity contribution in [2.75, 3.05) is 26.3 Å². The second-order valence-corrected chi connectivity index (χ2v) is 5.56. The zero-order valence-electron chi connectivity index (χ0n) is 11.9. The summed E-state index contributed by atoms with van der Waals surface area (Å²) in [5.41, 5.74) is 5.99. The third-order valence-electron chi connectivity index (χ3n) is 3.57. The number of nitrogens with two attached hydrogens (primary N) is 1. The Labute approximate surface area is 129 Å². The molecule has 116 valence electrons. The summed E-state index contributed by atoms with van der Waals surface area (Å²) in [6.07, 6.45) is 1.38. The van der Waals surface area contributed by atoms with E-state index in [0.29, 0.717) is 17.5 Å². The Balaban J connectivity index is 2.01. The van der Waals surface area contributed by atoms with Crippen LogP contribution in [0.3, 0.4) is 0 Å². The lowest BCUT2D eigenvalue weighted by molar-refractivity contribution is -0.0156. The fraction of sp³-hybridized carbons (Fsp3) is 0.533. The average Bonchev–Trinajstić information content (AvgIpc) is 2.48. The van der Waals surface area contributed by atoms with Gasteiger partial charge in [0.1, 0.15) is 6.61 Å². The first-order valence-electron chi connectivity index (χ1n) is 7.17. The number of primary amides is 1. The summed E-state index contributed by atoms with van der Waals surface area (Å²) in [7, 11) is 0. The van der Waals surface area contributed by atoms with Gasteiger partial charge in [0.2, 0.25) is 0 Å². The van der Waals surface area contributed by atoms with Crippen LogP contribution in [0.1, 0.15) is 24.5 Å². The molecule has 1 aromatic rings. The molecule has 0 spiro atoms. The van der Waals surface area contributed by atoms with Crippen LogP contribution < -0.4 is 11.1 Å². The quantitative estimate of drug-likeness (QED) is 0.792. The SMILES string of the molecule is NC(=O)OCCOC(c1cccc(Cl)c1)C1CCCNC1. The van der Waals surface area contributed by atoms with Gasteiger partial charge in [-0.15, -0.1) is 0 Å². The predicted octanol–water partition coefficient (Wildman–Crippen LogP) is 2.49. The molecule has 0 radical (unpaired) electrons. The molecule has 1 amide bonds. The number of carbonyl (C=O) groups is 1. The highest BCUT2D eigenvalue weighted by Gasteiger charge is 2.26. The molecule has 1 aliphatic rings. The maximum atomic E-state index is 10.6. The molecule has 1 saturated heterocycles. The van der Waals surface area contributed by atoms with Gasteiger partial charge in [-0.2, -0.15) is 0 Å². The number of hydrogen-bond acceptors (Lipinski definition) is 4. The summed E-state index contributed by atoms with van der Waals surface area (Å²) in [6.45, 7) is 2.43. The molecule has 0 aromatic heterocycles. The number of halogens is 1. The summed E-state index contributed by atoms with van der Waals surface area (Å²) < 4.78 is 10.7. The van der Waals surface area contributed by atoms with Gasteiger partial charge >= 0.3 is 6.09 Å². The van der Waals surface area contributed by atoms with Gasteiger partial charge in [-0.3, -0.25) is 0 Å². The number of nitrogens with one attached hydrogen (secondary N) is 1. The molecular weight excluding hydrogens is 292 g/mol. The van der Waals surface area contributed by atoms with Crippen LogP contribution in [0.15, 0.2) is 24.3 Å². The lowest BCUT2D eigenvalue weighted by atomic mass is 9.89. The first-order valence-corrected chi connectivity index (χ1v) is 7.54. The van der Waals surface area contributed by atoms with Gasteiger partial charge in [-0.05, 0) is 37.1 Å². The van der Waals surface area contributed by atoms with E-state index in [9.17, 15) is 4.79 Å². The van der Waals surface area contributed by atoms with Crippen molar-refractivity contribution >= 4 is 17.7 Å². The van der Waals surface area contributed by atoms with Gasteiger partial charge < -0.3 is 20.5 Å². The van der Waals surface area contributed by atoms with Gasteiger partial charge in [0, 0.05) is 17.5 Å².